The Morgan fingerprint density at radius 1 is 1.64 bits per heavy atom. The van der Waals surface area contributed by atoms with Crippen molar-refractivity contribution in [3.05, 3.63) is 34.6 Å². The lowest BCUT2D eigenvalue weighted by molar-refractivity contribution is -0.142. The van der Waals surface area contributed by atoms with Gasteiger partial charge in [-0.2, -0.15) is 0 Å². The third kappa shape index (κ3) is 2.02. The molecule has 1 rings (SSSR count). The minimum absolute atomic E-state index is 0.0407. The van der Waals surface area contributed by atoms with E-state index in [2.05, 4.69) is 4.74 Å². The Kier molecular flexibility index (Phi) is 3.43. The average molecular weight is 218 g/mol. The second-order valence-electron chi connectivity index (χ2n) is 2.64. The van der Waals surface area contributed by atoms with E-state index < -0.39 is 17.8 Å². The molecule has 2 N–H and O–H groups in total. The number of ether oxygens (including phenoxy) is 1. The van der Waals surface area contributed by atoms with E-state index in [1.54, 1.807) is 0 Å². The molecule has 76 valence electrons. The molecule has 0 spiro atoms. The molecule has 0 aliphatic carbocycles. The second-order valence-corrected chi connectivity index (χ2v) is 3.04. The van der Waals surface area contributed by atoms with E-state index in [-0.39, 0.29) is 10.6 Å². The maximum atomic E-state index is 13.2. The second kappa shape index (κ2) is 4.39. The van der Waals surface area contributed by atoms with Crippen molar-refractivity contribution < 1.29 is 13.9 Å². The number of rotatable bonds is 2. The molecule has 14 heavy (non-hydrogen) atoms. The largest absolute Gasteiger partial charge is 0.468 e. The van der Waals surface area contributed by atoms with Gasteiger partial charge in [-0.25, -0.2) is 4.39 Å². The molecular weight excluding hydrogens is 209 g/mol. The summed E-state index contributed by atoms with van der Waals surface area (Å²) in [7, 11) is 1.18. The molecular formula is C9H9ClFNO2. The molecule has 0 radical (unpaired) electrons. The number of halogens is 2. The number of nitrogens with two attached hydrogens (primary N) is 1. The van der Waals surface area contributed by atoms with Gasteiger partial charge in [-0.3, -0.25) is 4.79 Å². The number of benzene rings is 1. The fourth-order valence-corrected chi connectivity index (χ4v) is 1.33. The highest BCUT2D eigenvalue weighted by Gasteiger charge is 2.22. The van der Waals surface area contributed by atoms with Crippen molar-refractivity contribution >= 4 is 17.6 Å². The lowest BCUT2D eigenvalue weighted by Crippen LogP contribution is -2.24. The highest BCUT2D eigenvalue weighted by Crippen LogP contribution is 2.24. The van der Waals surface area contributed by atoms with Crippen LogP contribution in [0.15, 0.2) is 18.2 Å². The smallest absolute Gasteiger partial charge is 0.327 e. The van der Waals surface area contributed by atoms with E-state index in [4.69, 9.17) is 17.3 Å². The van der Waals surface area contributed by atoms with Gasteiger partial charge in [0.05, 0.1) is 7.11 Å². The molecule has 0 bridgehead atoms. The molecule has 5 heteroatoms. The topological polar surface area (TPSA) is 52.3 Å². The molecule has 3 nitrogen and oxygen atoms in total. The van der Waals surface area contributed by atoms with Gasteiger partial charge in [-0.1, -0.05) is 17.7 Å². The Morgan fingerprint density at radius 2 is 2.29 bits per heavy atom. The Morgan fingerprint density at radius 3 is 2.79 bits per heavy atom. The van der Waals surface area contributed by atoms with Gasteiger partial charge in [0.25, 0.3) is 0 Å². The van der Waals surface area contributed by atoms with Gasteiger partial charge in [0.1, 0.15) is 11.9 Å². The quantitative estimate of drug-likeness (QED) is 0.767. The molecule has 1 aromatic carbocycles. The maximum absolute atomic E-state index is 13.2. The minimum Gasteiger partial charge on any atom is -0.468 e. The van der Waals surface area contributed by atoms with Gasteiger partial charge in [0.2, 0.25) is 0 Å². The van der Waals surface area contributed by atoms with E-state index in [0.717, 1.165) is 0 Å². The first kappa shape index (κ1) is 10.9. The summed E-state index contributed by atoms with van der Waals surface area (Å²) in [5, 5.41) is 0.114. The molecule has 0 aromatic heterocycles. The van der Waals surface area contributed by atoms with Crippen LogP contribution in [0.1, 0.15) is 11.6 Å². The SMILES string of the molecule is COC(=O)[C@H](N)c1c(F)cccc1Cl. The molecule has 1 atom stereocenters. The van der Waals surface area contributed by atoms with Crippen molar-refractivity contribution in [3.63, 3.8) is 0 Å². The Labute approximate surface area is 85.6 Å². The van der Waals surface area contributed by atoms with Crippen LogP contribution in [0.4, 0.5) is 4.39 Å². The van der Waals surface area contributed by atoms with E-state index in [0.29, 0.717) is 0 Å². The van der Waals surface area contributed by atoms with E-state index in [1.807, 2.05) is 0 Å². The standard InChI is InChI=1S/C9H9ClFNO2/c1-14-9(13)8(12)7-5(10)3-2-4-6(7)11/h2-4,8H,12H2,1H3/t8-/m1/s1. The van der Waals surface area contributed by atoms with E-state index in [9.17, 15) is 9.18 Å². The molecule has 0 fully saturated rings. The normalized spacial score (nSPS) is 12.3. The zero-order valence-corrected chi connectivity index (χ0v) is 8.22. The summed E-state index contributed by atoms with van der Waals surface area (Å²) in [4.78, 5) is 11.0. The number of methoxy groups -OCH3 is 1. The summed E-state index contributed by atoms with van der Waals surface area (Å²) in [6, 6.07) is 2.89. The highest BCUT2D eigenvalue weighted by molar-refractivity contribution is 6.31. The van der Waals surface area contributed by atoms with Crippen molar-refractivity contribution in [1.82, 2.24) is 0 Å². The first-order chi connectivity index (χ1) is 6.57. The predicted molar refractivity (Wildman–Crippen MR) is 50.4 cm³/mol. The minimum atomic E-state index is -1.19. The van der Waals surface area contributed by atoms with Gasteiger partial charge in [-0.15, -0.1) is 0 Å². The van der Waals surface area contributed by atoms with Crippen LogP contribution in [0.2, 0.25) is 5.02 Å². The molecule has 0 amide bonds. The molecule has 0 saturated carbocycles. The number of hydrogen-bond donors (Lipinski definition) is 1. The molecule has 0 saturated heterocycles. The van der Waals surface area contributed by atoms with Crippen molar-refractivity contribution in [2.24, 2.45) is 5.73 Å². The highest BCUT2D eigenvalue weighted by atomic mass is 35.5. The van der Waals surface area contributed by atoms with E-state index >= 15 is 0 Å². The Hall–Kier alpha value is -1.13. The third-order valence-corrected chi connectivity index (χ3v) is 2.10. The van der Waals surface area contributed by atoms with Crippen LogP contribution < -0.4 is 5.73 Å². The van der Waals surface area contributed by atoms with Crippen molar-refractivity contribution in [2.75, 3.05) is 7.11 Å². The van der Waals surface area contributed by atoms with E-state index in [1.165, 1.54) is 25.3 Å². The van der Waals surface area contributed by atoms with Crippen LogP contribution in [0, 0.1) is 5.82 Å². The molecule has 0 heterocycles. The van der Waals surface area contributed by atoms with Crippen LogP contribution in [0.5, 0.6) is 0 Å². The summed E-state index contributed by atoms with van der Waals surface area (Å²) in [6.45, 7) is 0. The van der Waals surface area contributed by atoms with Gasteiger partial charge in [0.15, 0.2) is 0 Å². The van der Waals surface area contributed by atoms with Gasteiger partial charge in [-0.05, 0) is 12.1 Å². The average Bonchev–Trinajstić information content (AvgIpc) is 2.16. The maximum Gasteiger partial charge on any atom is 0.327 e. The fraction of sp³-hybridized carbons (Fsp3) is 0.222. The van der Waals surface area contributed by atoms with Gasteiger partial charge < -0.3 is 10.5 Å². The van der Waals surface area contributed by atoms with Crippen molar-refractivity contribution in [1.29, 1.82) is 0 Å². The molecule has 0 aliphatic heterocycles. The first-order valence-corrected chi connectivity index (χ1v) is 4.23. The van der Waals surface area contributed by atoms with Gasteiger partial charge >= 0.3 is 5.97 Å². The summed E-state index contributed by atoms with van der Waals surface area (Å²) in [5.74, 6) is -1.34. The summed E-state index contributed by atoms with van der Waals surface area (Å²) in [5.41, 5.74) is 5.41. The Balaban J connectivity index is 3.11. The predicted octanol–water partition coefficient (Wildman–Crippen LogP) is 1.65. The van der Waals surface area contributed by atoms with Crippen molar-refractivity contribution in [3.8, 4) is 0 Å². The van der Waals surface area contributed by atoms with Crippen LogP contribution in [-0.4, -0.2) is 13.1 Å². The lowest BCUT2D eigenvalue weighted by atomic mass is 10.1. The van der Waals surface area contributed by atoms with Crippen LogP contribution in [0.3, 0.4) is 0 Å². The van der Waals surface area contributed by atoms with Crippen molar-refractivity contribution in [2.45, 2.75) is 6.04 Å². The van der Waals surface area contributed by atoms with Gasteiger partial charge in [0, 0.05) is 10.6 Å². The van der Waals surface area contributed by atoms with Crippen LogP contribution >= 0.6 is 11.6 Å². The van der Waals surface area contributed by atoms with Crippen LogP contribution in [-0.2, 0) is 9.53 Å². The lowest BCUT2D eigenvalue weighted by Gasteiger charge is -2.11. The zero-order valence-electron chi connectivity index (χ0n) is 7.46. The summed E-state index contributed by atoms with van der Waals surface area (Å²) >= 11 is 5.70. The number of carbonyl (C=O) groups excluding carboxylic acids is 1. The molecule has 0 unspecified atom stereocenters. The molecule has 1 aromatic rings. The fourth-order valence-electron chi connectivity index (χ4n) is 1.05. The zero-order chi connectivity index (χ0) is 10.7. The molecule has 0 aliphatic rings. The number of carbonyl (C=O) groups is 1. The summed E-state index contributed by atoms with van der Waals surface area (Å²) < 4.78 is 17.6. The Bertz CT molecular complexity index is 336. The monoisotopic (exact) mass is 217 g/mol. The summed E-state index contributed by atoms with van der Waals surface area (Å²) in [6.07, 6.45) is 0. The first-order valence-electron chi connectivity index (χ1n) is 3.85. The number of hydrogen-bond acceptors (Lipinski definition) is 3. The number of esters is 1. The third-order valence-electron chi connectivity index (χ3n) is 1.77. The van der Waals surface area contributed by atoms with Crippen LogP contribution in [0.25, 0.3) is 0 Å².